The number of ether oxygens (including phenoxy) is 3. The first-order valence-electron chi connectivity index (χ1n) is 19.0. The van der Waals surface area contributed by atoms with Gasteiger partial charge in [-0.3, -0.25) is 14.6 Å². The van der Waals surface area contributed by atoms with Crippen LogP contribution in [0.15, 0.2) is 72.8 Å². The van der Waals surface area contributed by atoms with Crippen LogP contribution in [-0.2, 0) is 55.5 Å². The Bertz CT molecular complexity index is 2510. The van der Waals surface area contributed by atoms with E-state index in [0.29, 0.717) is 21.9 Å². The van der Waals surface area contributed by atoms with Gasteiger partial charge in [0.15, 0.2) is 0 Å². The minimum absolute atomic E-state index is 0.137. The van der Waals surface area contributed by atoms with E-state index in [-0.39, 0.29) is 44.1 Å². The van der Waals surface area contributed by atoms with Gasteiger partial charge in [-0.2, -0.15) is 52.7 Å². The molecule has 2 aliphatic rings. The van der Waals surface area contributed by atoms with E-state index in [2.05, 4.69) is 0 Å². The Morgan fingerprint density at radius 2 is 0.970 bits per heavy atom. The highest BCUT2D eigenvalue weighted by atomic mass is 35.5. The van der Waals surface area contributed by atoms with Gasteiger partial charge in [-0.05, 0) is 99.0 Å². The predicted octanol–water partition coefficient (Wildman–Crippen LogP) is 13.6. The summed E-state index contributed by atoms with van der Waals surface area (Å²) in [7, 11) is 0. The van der Waals surface area contributed by atoms with Gasteiger partial charge in [0, 0.05) is 55.6 Å². The summed E-state index contributed by atoms with van der Waals surface area (Å²) in [5.74, 6) is -0.719. The van der Waals surface area contributed by atoms with Crippen LogP contribution in [0.5, 0.6) is 0 Å². The van der Waals surface area contributed by atoms with Gasteiger partial charge in [0.05, 0.1) is 24.2 Å². The highest BCUT2D eigenvalue weighted by molar-refractivity contribution is 6.35. The summed E-state index contributed by atoms with van der Waals surface area (Å²) in [4.78, 5) is 37.8. The molecule has 4 aromatic carbocycles. The van der Waals surface area contributed by atoms with Crippen LogP contribution >= 0.6 is 46.4 Å². The second-order valence-electron chi connectivity index (χ2n) is 15.8. The number of nitrogens with two attached hydrogens (primary N) is 1. The zero-order valence-corrected chi connectivity index (χ0v) is 37.5. The number of hydrogen-bond acceptors (Lipinski definition) is 7. The van der Waals surface area contributed by atoms with Gasteiger partial charge in [-0.1, -0.05) is 58.5 Å². The minimum atomic E-state index is -5.16. The number of hydrogen-bond donors (Lipinski definition) is 1. The minimum Gasteiger partial charge on any atom is -0.460 e. The molecule has 0 bridgehead atoms. The fraction of sp³-hybridized carbons (Fsp3) is 0.357. The van der Waals surface area contributed by atoms with E-state index in [1.165, 1.54) is 12.1 Å². The van der Waals surface area contributed by atoms with Gasteiger partial charge in [-0.15, -0.1) is 0 Å². The molecule has 67 heavy (non-hydrogen) atoms. The van der Waals surface area contributed by atoms with Crippen molar-refractivity contribution in [2.75, 3.05) is 22.9 Å². The summed E-state index contributed by atoms with van der Waals surface area (Å²) in [5, 5.41) is -0.590. The molecule has 0 spiro atoms. The molecule has 0 radical (unpaired) electrons. The van der Waals surface area contributed by atoms with Crippen LogP contribution in [0.25, 0.3) is 0 Å². The molecule has 2 heterocycles. The average Bonchev–Trinajstić information content (AvgIpc) is 3.73. The summed E-state index contributed by atoms with van der Waals surface area (Å²) in [6, 6.07) is 11.3. The number of carbonyl (C=O) groups excluding carboxylic acids is 3. The smallest absolute Gasteiger partial charge is 0.434 e. The van der Waals surface area contributed by atoms with Crippen LogP contribution in [0.2, 0.25) is 20.1 Å². The fourth-order valence-electron chi connectivity index (χ4n) is 6.96. The lowest BCUT2D eigenvalue weighted by Crippen LogP contribution is -2.46. The number of aryl methyl sites for hydroxylation is 1. The molecule has 2 fully saturated rings. The van der Waals surface area contributed by atoms with E-state index in [1.807, 2.05) is 0 Å². The summed E-state index contributed by atoms with van der Waals surface area (Å²) < 4.78 is 181. The molecule has 4 aromatic rings. The van der Waals surface area contributed by atoms with E-state index in [4.69, 9.17) is 66.3 Å². The Morgan fingerprint density at radius 3 is 1.30 bits per heavy atom. The summed E-state index contributed by atoms with van der Waals surface area (Å²) in [5.41, 5.74) is -6.92. The molecule has 0 aliphatic carbocycles. The van der Waals surface area contributed by atoms with Gasteiger partial charge < -0.3 is 19.9 Å². The topological polar surface area (TPSA) is 111 Å². The Hall–Kier alpha value is -4.83. The predicted molar refractivity (Wildman–Crippen MR) is 221 cm³/mol. The summed E-state index contributed by atoms with van der Waals surface area (Å²) >= 11 is 23.3. The zero-order valence-electron chi connectivity index (χ0n) is 34.4. The Balaban J connectivity index is 0.000000256. The highest BCUT2D eigenvalue weighted by Gasteiger charge is 2.66. The SMILES string of the molecule is CC(C)(C)OC(=O)CCc1ccc(N2CC(c3cc(Cl)cc(Cl)c3)(C(F)(F)F)OC2=O)cc1C(F)(F)F.NCc1ccc(N2CC(c3cc(Cl)cc(Cl)c3)(C(F)(F)F)OC2=O)cc1C(F)(F)F. The quantitative estimate of drug-likeness (QED) is 0.106. The Morgan fingerprint density at radius 1 is 0.612 bits per heavy atom. The van der Waals surface area contributed by atoms with Crippen molar-refractivity contribution in [3.63, 3.8) is 0 Å². The second kappa shape index (κ2) is 18.9. The Labute approximate surface area is 392 Å². The van der Waals surface area contributed by atoms with Gasteiger partial charge in [-0.25, -0.2) is 9.59 Å². The van der Waals surface area contributed by atoms with Crippen LogP contribution in [0.4, 0.5) is 73.6 Å². The molecule has 2 saturated heterocycles. The van der Waals surface area contributed by atoms with E-state index in [1.54, 1.807) is 20.8 Å². The van der Waals surface area contributed by atoms with Crippen molar-refractivity contribution < 1.29 is 81.3 Å². The van der Waals surface area contributed by atoms with Crippen molar-refractivity contribution in [1.29, 1.82) is 0 Å². The van der Waals surface area contributed by atoms with Crippen molar-refractivity contribution in [2.24, 2.45) is 5.73 Å². The van der Waals surface area contributed by atoms with Gasteiger partial charge in [0.1, 0.15) is 5.60 Å². The number of benzene rings is 4. The first-order valence-corrected chi connectivity index (χ1v) is 20.5. The maximum atomic E-state index is 14.2. The van der Waals surface area contributed by atoms with E-state index >= 15 is 0 Å². The van der Waals surface area contributed by atoms with Crippen molar-refractivity contribution in [3.8, 4) is 0 Å². The molecule has 364 valence electrons. The number of rotatable bonds is 8. The largest absolute Gasteiger partial charge is 0.460 e. The number of amides is 2. The van der Waals surface area contributed by atoms with Crippen molar-refractivity contribution >= 4 is 75.9 Å². The normalized spacial score (nSPS) is 19.2. The highest BCUT2D eigenvalue weighted by Crippen LogP contribution is 2.51. The van der Waals surface area contributed by atoms with Gasteiger partial charge in [0.25, 0.3) is 11.2 Å². The summed E-state index contributed by atoms with van der Waals surface area (Å²) in [6.07, 6.45) is -23.7. The molecule has 2 unspecified atom stereocenters. The van der Waals surface area contributed by atoms with Crippen molar-refractivity contribution in [2.45, 2.75) is 81.7 Å². The van der Waals surface area contributed by atoms with E-state index < -0.39 is 113 Å². The van der Waals surface area contributed by atoms with Crippen LogP contribution in [-0.4, -0.2) is 49.2 Å². The van der Waals surface area contributed by atoms with E-state index in [9.17, 15) is 67.1 Å². The molecule has 2 atom stereocenters. The Kier molecular flexibility index (Phi) is 15.0. The molecule has 6 rings (SSSR count). The number of cyclic esters (lactones) is 2. The number of anilines is 2. The number of halogens is 16. The fourth-order valence-corrected chi connectivity index (χ4v) is 8.01. The van der Waals surface area contributed by atoms with Crippen molar-refractivity contribution in [1.82, 2.24) is 0 Å². The molecule has 0 aromatic heterocycles. The third kappa shape index (κ3) is 11.7. The monoisotopic (exact) mass is 1040 g/mol. The number of esters is 1. The lowest BCUT2D eigenvalue weighted by molar-refractivity contribution is -0.250. The number of carbonyl (C=O) groups is 3. The molecular formula is C42H33Cl4F12N3O6. The standard InChI is InChI=1S/C24H21Cl2F6NO4.C18H12Cl2F6N2O2/c1-21(2,3)36-19(34)7-5-13-4-6-17(11-18(13)23(27,28)29)33-12-22(24(30,31)32,37-20(33)35)14-8-15(25)10-16(26)9-14;19-11-3-10(4-12(20)5-11)16(18(24,25)26)8-28(15(29)30-16)13-2-1-9(7-27)14(6-13)17(21,22)23/h4,6,8-11H,5,7,12H2,1-3H3;1-6H,7-8,27H2. The molecular weight excluding hydrogens is 1010 g/mol. The average molecular weight is 1050 g/mol. The molecule has 2 amide bonds. The van der Waals surface area contributed by atoms with Crippen molar-refractivity contribution in [3.05, 3.63) is 126 Å². The lowest BCUT2D eigenvalue weighted by Gasteiger charge is -2.30. The zero-order chi connectivity index (χ0) is 50.5. The first kappa shape index (κ1) is 53.1. The molecule has 25 heteroatoms. The molecule has 2 N–H and O–H groups in total. The maximum Gasteiger partial charge on any atom is 0.434 e. The van der Waals surface area contributed by atoms with E-state index in [0.717, 1.165) is 48.5 Å². The maximum absolute atomic E-state index is 14.2. The second-order valence-corrected chi connectivity index (χ2v) is 17.6. The number of alkyl halides is 12. The van der Waals surface area contributed by atoms with Crippen LogP contribution < -0.4 is 15.5 Å². The van der Waals surface area contributed by atoms with Gasteiger partial charge >= 0.3 is 42.9 Å². The number of nitrogens with zero attached hydrogens (tertiary/aromatic N) is 2. The van der Waals surface area contributed by atoms with Crippen LogP contribution in [0, 0.1) is 0 Å². The van der Waals surface area contributed by atoms with Gasteiger partial charge in [0.2, 0.25) is 0 Å². The third-order valence-corrected chi connectivity index (χ3v) is 10.8. The third-order valence-electron chi connectivity index (χ3n) is 9.96. The molecule has 2 aliphatic heterocycles. The van der Waals surface area contributed by atoms with Crippen LogP contribution in [0.1, 0.15) is 60.6 Å². The lowest BCUT2D eigenvalue weighted by atomic mass is 9.92. The first-order chi connectivity index (χ1) is 30.6. The molecule has 9 nitrogen and oxygen atoms in total. The molecule has 0 saturated carbocycles. The van der Waals surface area contributed by atoms with Crippen LogP contribution in [0.3, 0.4) is 0 Å². The summed E-state index contributed by atoms with van der Waals surface area (Å²) in [6.45, 7) is 2.05.